The topological polar surface area (TPSA) is 60.7 Å². The maximum atomic E-state index is 10.1. The van der Waals surface area contributed by atoms with Crippen LogP contribution in [0.1, 0.15) is 105 Å². The molecule has 0 bridgehead atoms. The van der Waals surface area contributed by atoms with Crippen molar-refractivity contribution in [3.05, 3.63) is 23.3 Å². The fraction of sp³-hybridized carbons (Fsp3) is 0.852. The first-order valence-corrected chi connectivity index (χ1v) is 12.4. The van der Waals surface area contributed by atoms with E-state index in [0.717, 1.165) is 18.8 Å². The van der Waals surface area contributed by atoms with E-state index in [-0.39, 0.29) is 5.41 Å². The number of allylic oxidation sites excluding steroid dienone is 3. The molecule has 0 saturated heterocycles. The standard InChI is InChI=1S/C27H46O3/c1-19(8-6-13-25(2,3)30)24-12-15-26(4)21(9-7-14-27(24,26)5)11-10-20-16-22(28)18-23(29)17-20/h10-11,19,22-24,28-30H,6-9,12-18H2,1-5H3/t19?,22?,23?,24?,26-,27+/m0/s1. The van der Waals surface area contributed by atoms with E-state index < -0.39 is 17.8 Å². The van der Waals surface area contributed by atoms with Gasteiger partial charge in [-0.1, -0.05) is 56.9 Å². The summed E-state index contributed by atoms with van der Waals surface area (Å²) in [7, 11) is 0. The predicted molar refractivity (Wildman–Crippen MR) is 124 cm³/mol. The van der Waals surface area contributed by atoms with Crippen LogP contribution in [0.4, 0.5) is 0 Å². The highest BCUT2D eigenvalue weighted by atomic mass is 16.3. The van der Waals surface area contributed by atoms with E-state index in [1.807, 2.05) is 13.8 Å². The number of hydrogen-bond acceptors (Lipinski definition) is 3. The van der Waals surface area contributed by atoms with Crippen molar-refractivity contribution in [2.24, 2.45) is 22.7 Å². The zero-order valence-electron chi connectivity index (χ0n) is 20.1. The first-order chi connectivity index (χ1) is 13.9. The van der Waals surface area contributed by atoms with Gasteiger partial charge in [0.15, 0.2) is 0 Å². The average molecular weight is 419 g/mol. The van der Waals surface area contributed by atoms with Crippen molar-refractivity contribution in [1.29, 1.82) is 0 Å². The Morgan fingerprint density at radius 3 is 2.40 bits per heavy atom. The van der Waals surface area contributed by atoms with E-state index in [1.165, 1.54) is 44.1 Å². The third-order valence-corrected chi connectivity index (χ3v) is 9.08. The van der Waals surface area contributed by atoms with Crippen molar-refractivity contribution in [2.45, 2.75) is 123 Å². The van der Waals surface area contributed by atoms with Crippen LogP contribution in [0.5, 0.6) is 0 Å². The quantitative estimate of drug-likeness (QED) is 0.501. The Morgan fingerprint density at radius 1 is 1.10 bits per heavy atom. The maximum absolute atomic E-state index is 10.1. The molecule has 3 aliphatic carbocycles. The van der Waals surface area contributed by atoms with Gasteiger partial charge in [0, 0.05) is 0 Å². The molecule has 3 rings (SSSR count). The van der Waals surface area contributed by atoms with Gasteiger partial charge in [0.05, 0.1) is 17.8 Å². The molecule has 6 atom stereocenters. The molecule has 3 aliphatic rings. The van der Waals surface area contributed by atoms with Crippen LogP contribution in [0.25, 0.3) is 0 Å². The zero-order chi connectivity index (χ0) is 22.2. The van der Waals surface area contributed by atoms with Crippen LogP contribution in [0.2, 0.25) is 0 Å². The number of aliphatic hydroxyl groups is 3. The largest absolute Gasteiger partial charge is 0.393 e. The summed E-state index contributed by atoms with van der Waals surface area (Å²) < 4.78 is 0. The van der Waals surface area contributed by atoms with Gasteiger partial charge in [0.1, 0.15) is 0 Å². The second-order valence-corrected chi connectivity index (χ2v) is 11.9. The number of rotatable bonds is 6. The lowest BCUT2D eigenvalue weighted by molar-refractivity contribution is 0.0299. The van der Waals surface area contributed by atoms with Crippen LogP contribution in [0.15, 0.2) is 23.3 Å². The van der Waals surface area contributed by atoms with Gasteiger partial charge in [-0.3, -0.25) is 0 Å². The summed E-state index contributed by atoms with van der Waals surface area (Å²) in [5, 5.41) is 30.1. The Morgan fingerprint density at radius 2 is 1.77 bits per heavy atom. The van der Waals surface area contributed by atoms with Crippen molar-refractivity contribution in [1.82, 2.24) is 0 Å². The van der Waals surface area contributed by atoms with Crippen LogP contribution >= 0.6 is 0 Å². The van der Waals surface area contributed by atoms with Crippen LogP contribution in [0, 0.1) is 22.7 Å². The van der Waals surface area contributed by atoms with E-state index >= 15 is 0 Å². The minimum Gasteiger partial charge on any atom is -0.393 e. The van der Waals surface area contributed by atoms with Crippen LogP contribution in [-0.4, -0.2) is 33.1 Å². The van der Waals surface area contributed by atoms with Gasteiger partial charge in [-0.05, 0) is 94.3 Å². The van der Waals surface area contributed by atoms with Gasteiger partial charge < -0.3 is 15.3 Å². The lowest BCUT2D eigenvalue weighted by Crippen LogP contribution is -2.43. The summed E-state index contributed by atoms with van der Waals surface area (Å²) in [6, 6.07) is 0. The molecule has 3 N–H and O–H groups in total. The molecule has 30 heavy (non-hydrogen) atoms. The van der Waals surface area contributed by atoms with Gasteiger partial charge >= 0.3 is 0 Å². The molecule has 0 spiro atoms. The Labute approximate surface area is 184 Å². The summed E-state index contributed by atoms with van der Waals surface area (Å²) >= 11 is 0. The lowest BCUT2D eigenvalue weighted by atomic mass is 9.53. The molecule has 0 heterocycles. The van der Waals surface area contributed by atoms with Gasteiger partial charge in [-0.2, -0.15) is 0 Å². The Bertz CT molecular complexity index is 646. The predicted octanol–water partition coefficient (Wildman–Crippen LogP) is 5.93. The monoisotopic (exact) mass is 418 g/mol. The Hall–Kier alpha value is -0.640. The molecular weight excluding hydrogens is 372 g/mol. The molecule has 3 heteroatoms. The number of hydrogen-bond donors (Lipinski definition) is 3. The highest BCUT2D eigenvalue weighted by Crippen LogP contribution is 2.67. The Kier molecular flexibility index (Phi) is 7.27. The minimum atomic E-state index is -0.553. The third-order valence-electron chi connectivity index (χ3n) is 9.08. The van der Waals surface area contributed by atoms with Gasteiger partial charge in [0.25, 0.3) is 0 Å². The van der Waals surface area contributed by atoms with E-state index in [1.54, 1.807) is 5.57 Å². The molecule has 3 saturated carbocycles. The Balaban J connectivity index is 1.73. The van der Waals surface area contributed by atoms with E-state index in [0.29, 0.717) is 30.6 Å². The first-order valence-electron chi connectivity index (χ1n) is 12.4. The van der Waals surface area contributed by atoms with Crippen molar-refractivity contribution in [3.8, 4) is 0 Å². The van der Waals surface area contributed by atoms with Crippen LogP contribution in [-0.2, 0) is 0 Å². The highest BCUT2D eigenvalue weighted by molar-refractivity contribution is 5.30. The van der Waals surface area contributed by atoms with Gasteiger partial charge in [-0.15, -0.1) is 0 Å². The molecule has 3 nitrogen and oxygen atoms in total. The van der Waals surface area contributed by atoms with Gasteiger partial charge in [-0.25, -0.2) is 0 Å². The summed E-state index contributed by atoms with van der Waals surface area (Å²) in [6.07, 6.45) is 15.2. The normalized spacial score (nSPS) is 39.8. The fourth-order valence-corrected chi connectivity index (χ4v) is 7.13. The van der Waals surface area contributed by atoms with E-state index in [4.69, 9.17) is 0 Å². The molecule has 0 aromatic rings. The highest BCUT2D eigenvalue weighted by Gasteiger charge is 2.57. The maximum Gasteiger partial charge on any atom is 0.0602 e. The summed E-state index contributed by atoms with van der Waals surface area (Å²) in [5.41, 5.74) is 2.82. The third kappa shape index (κ3) is 5.05. The van der Waals surface area contributed by atoms with Crippen molar-refractivity contribution in [3.63, 3.8) is 0 Å². The smallest absolute Gasteiger partial charge is 0.0602 e. The summed E-state index contributed by atoms with van der Waals surface area (Å²) in [4.78, 5) is 0. The number of fused-ring (bicyclic) bond motifs is 1. The van der Waals surface area contributed by atoms with Crippen molar-refractivity contribution in [2.75, 3.05) is 0 Å². The van der Waals surface area contributed by atoms with Crippen molar-refractivity contribution < 1.29 is 15.3 Å². The van der Waals surface area contributed by atoms with Crippen molar-refractivity contribution >= 4 is 0 Å². The van der Waals surface area contributed by atoms with E-state index in [2.05, 4.69) is 32.9 Å². The molecule has 0 aliphatic heterocycles. The summed E-state index contributed by atoms with van der Waals surface area (Å²) in [5.74, 6) is 1.44. The van der Waals surface area contributed by atoms with Gasteiger partial charge in [0.2, 0.25) is 0 Å². The first kappa shape index (κ1) is 24.0. The summed E-state index contributed by atoms with van der Waals surface area (Å²) in [6.45, 7) is 11.3. The lowest BCUT2D eigenvalue weighted by Gasteiger charge is -2.51. The number of aliphatic hydroxyl groups excluding tert-OH is 2. The van der Waals surface area contributed by atoms with E-state index in [9.17, 15) is 15.3 Å². The molecule has 0 aromatic heterocycles. The molecule has 172 valence electrons. The molecule has 0 amide bonds. The SMILES string of the molecule is CC(CCCC(C)(C)O)C1CC[C@@]2(C)C(=CC=C3CC(O)CC(O)C3)CCC[C@]12C. The molecule has 3 fully saturated rings. The molecular formula is C27H46O3. The zero-order valence-corrected chi connectivity index (χ0v) is 20.1. The minimum absolute atomic E-state index is 0.253. The second kappa shape index (κ2) is 9.08. The molecule has 4 unspecified atom stereocenters. The molecule has 0 radical (unpaired) electrons. The van der Waals surface area contributed by atoms with Crippen LogP contribution in [0.3, 0.4) is 0 Å². The average Bonchev–Trinajstić information content (AvgIpc) is 2.90. The second-order valence-electron chi connectivity index (χ2n) is 11.9. The molecule has 0 aromatic carbocycles. The fourth-order valence-electron chi connectivity index (χ4n) is 7.13. The van der Waals surface area contributed by atoms with Crippen LogP contribution < -0.4 is 0 Å².